The number of hydrogen-bond acceptors (Lipinski definition) is 3. The molecule has 0 aliphatic heterocycles. The second-order valence-electron chi connectivity index (χ2n) is 7.11. The third-order valence-corrected chi connectivity index (χ3v) is 4.55. The number of carboxylic acid groups (broad SMARTS) is 1. The summed E-state index contributed by atoms with van der Waals surface area (Å²) >= 11 is 0. The van der Waals surface area contributed by atoms with Gasteiger partial charge in [0.1, 0.15) is 11.3 Å². The molecule has 0 spiro atoms. The largest absolute Gasteiger partial charge is 0.491 e. The molecule has 1 aliphatic carbocycles. The number of amides is 1. The molecule has 5 heteroatoms. The average Bonchev–Trinajstić information content (AvgIpc) is 2.49. The maximum absolute atomic E-state index is 12.4. The first-order valence-corrected chi connectivity index (χ1v) is 8.61. The van der Waals surface area contributed by atoms with Crippen LogP contribution < -0.4 is 10.1 Å². The SMILES string of the molecule is CC1CCC(NC(=O)Cc2cccc(OC(C)C)c2)(C(=O)O)CC1. The first-order valence-electron chi connectivity index (χ1n) is 8.61. The molecule has 24 heavy (non-hydrogen) atoms. The number of aliphatic carboxylic acids is 1. The van der Waals surface area contributed by atoms with Crippen molar-refractivity contribution in [2.45, 2.75) is 64.5 Å². The molecule has 2 rings (SSSR count). The van der Waals surface area contributed by atoms with E-state index >= 15 is 0 Å². The zero-order valence-corrected chi connectivity index (χ0v) is 14.7. The van der Waals surface area contributed by atoms with E-state index < -0.39 is 11.5 Å². The minimum atomic E-state index is -1.12. The van der Waals surface area contributed by atoms with Crippen LogP contribution in [0.1, 0.15) is 52.0 Å². The quantitative estimate of drug-likeness (QED) is 0.838. The molecule has 0 bridgehead atoms. The Morgan fingerprint density at radius 1 is 1.33 bits per heavy atom. The Morgan fingerprint density at radius 2 is 2.00 bits per heavy atom. The molecular formula is C19H27NO4. The molecule has 1 amide bonds. The first-order chi connectivity index (χ1) is 11.3. The Hall–Kier alpha value is -2.04. The summed E-state index contributed by atoms with van der Waals surface area (Å²) in [5, 5.41) is 12.4. The van der Waals surface area contributed by atoms with Gasteiger partial charge in [-0.15, -0.1) is 0 Å². The molecule has 132 valence electrons. The third kappa shape index (κ3) is 4.73. The van der Waals surface area contributed by atoms with Crippen molar-refractivity contribution in [3.63, 3.8) is 0 Å². The van der Waals surface area contributed by atoms with Crippen LogP contribution in [-0.2, 0) is 16.0 Å². The zero-order valence-electron chi connectivity index (χ0n) is 14.7. The van der Waals surface area contributed by atoms with E-state index in [2.05, 4.69) is 12.2 Å². The van der Waals surface area contributed by atoms with Crippen molar-refractivity contribution in [2.75, 3.05) is 0 Å². The molecule has 1 saturated carbocycles. The molecular weight excluding hydrogens is 306 g/mol. The minimum absolute atomic E-state index is 0.0635. The van der Waals surface area contributed by atoms with Crippen molar-refractivity contribution in [3.8, 4) is 5.75 Å². The van der Waals surface area contributed by atoms with Crippen LogP contribution in [0.4, 0.5) is 0 Å². The van der Waals surface area contributed by atoms with Crippen LogP contribution in [0.25, 0.3) is 0 Å². The topological polar surface area (TPSA) is 75.6 Å². The Kier molecular flexibility index (Phi) is 5.86. The summed E-state index contributed by atoms with van der Waals surface area (Å²) in [5.74, 6) is 0.0438. The number of carboxylic acids is 1. The third-order valence-electron chi connectivity index (χ3n) is 4.55. The summed E-state index contributed by atoms with van der Waals surface area (Å²) < 4.78 is 5.63. The lowest BCUT2D eigenvalue weighted by Gasteiger charge is -2.36. The van der Waals surface area contributed by atoms with E-state index in [4.69, 9.17) is 4.74 Å². The lowest BCUT2D eigenvalue weighted by atomic mass is 9.77. The van der Waals surface area contributed by atoms with Gasteiger partial charge in [-0.25, -0.2) is 4.79 Å². The molecule has 5 nitrogen and oxygen atoms in total. The fourth-order valence-electron chi connectivity index (χ4n) is 3.14. The Labute approximate surface area is 143 Å². The van der Waals surface area contributed by atoms with Crippen molar-refractivity contribution in [1.82, 2.24) is 5.32 Å². The highest BCUT2D eigenvalue weighted by atomic mass is 16.5. The molecule has 1 fully saturated rings. The van der Waals surface area contributed by atoms with Gasteiger partial charge in [-0.05, 0) is 63.1 Å². The molecule has 2 N–H and O–H groups in total. The zero-order chi connectivity index (χ0) is 17.7. The Morgan fingerprint density at radius 3 is 2.58 bits per heavy atom. The first kappa shape index (κ1) is 18.3. The summed E-state index contributed by atoms with van der Waals surface area (Å²) in [7, 11) is 0. The number of hydrogen-bond donors (Lipinski definition) is 2. The maximum Gasteiger partial charge on any atom is 0.329 e. The van der Waals surface area contributed by atoms with Crippen LogP contribution in [0, 0.1) is 5.92 Å². The molecule has 1 aromatic carbocycles. The summed E-state index contributed by atoms with van der Waals surface area (Å²) in [6.07, 6.45) is 2.85. The van der Waals surface area contributed by atoms with Gasteiger partial charge >= 0.3 is 5.97 Å². The van der Waals surface area contributed by atoms with Crippen molar-refractivity contribution in [1.29, 1.82) is 0 Å². The predicted octanol–water partition coefficient (Wildman–Crippen LogP) is 3.17. The summed E-state index contributed by atoms with van der Waals surface area (Å²) in [6.45, 7) is 6.01. The summed E-state index contributed by atoms with van der Waals surface area (Å²) in [5.41, 5.74) is -0.300. The number of rotatable bonds is 6. The molecule has 0 radical (unpaired) electrons. The molecule has 1 aromatic rings. The van der Waals surface area contributed by atoms with Gasteiger partial charge in [-0.2, -0.15) is 0 Å². The van der Waals surface area contributed by atoms with Gasteiger partial charge in [-0.1, -0.05) is 19.1 Å². The summed E-state index contributed by atoms with van der Waals surface area (Å²) in [6, 6.07) is 7.37. The van der Waals surface area contributed by atoms with Gasteiger partial charge in [0.15, 0.2) is 0 Å². The fraction of sp³-hybridized carbons (Fsp3) is 0.579. The van der Waals surface area contributed by atoms with E-state index in [1.54, 1.807) is 0 Å². The van der Waals surface area contributed by atoms with Gasteiger partial charge in [0.05, 0.1) is 12.5 Å². The van der Waals surface area contributed by atoms with E-state index in [1.807, 2.05) is 38.1 Å². The molecule has 0 heterocycles. The fourth-order valence-corrected chi connectivity index (χ4v) is 3.14. The number of carbonyl (C=O) groups excluding carboxylic acids is 1. The Balaban J connectivity index is 2.02. The number of carbonyl (C=O) groups is 2. The highest BCUT2D eigenvalue weighted by Gasteiger charge is 2.42. The standard InChI is InChI=1S/C19H27NO4/c1-13(2)24-16-6-4-5-15(11-16)12-17(21)20-19(18(22)23)9-7-14(3)8-10-19/h4-6,11,13-14H,7-10,12H2,1-3H3,(H,20,21)(H,22,23). The van der Waals surface area contributed by atoms with E-state index in [1.165, 1.54) is 0 Å². The normalized spacial score (nSPS) is 23.8. The summed E-state index contributed by atoms with van der Waals surface area (Å²) in [4.78, 5) is 24.1. The van der Waals surface area contributed by atoms with Crippen molar-refractivity contribution < 1.29 is 19.4 Å². The molecule has 0 atom stereocenters. The van der Waals surface area contributed by atoms with Crippen LogP contribution >= 0.6 is 0 Å². The Bertz CT molecular complexity index is 589. The lowest BCUT2D eigenvalue weighted by Crippen LogP contribution is -2.56. The van der Waals surface area contributed by atoms with Gasteiger partial charge in [-0.3, -0.25) is 4.79 Å². The average molecular weight is 333 g/mol. The van der Waals surface area contributed by atoms with Crippen LogP contribution in [0.3, 0.4) is 0 Å². The smallest absolute Gasteiger partial charge is 0.329 e. The van der Waals surface area contributed by atoms with Crippen LogP contribution in [0.5, 0.6) is 5.75 Å². The molecule has 0 aromatic heterocycles. The van der Waals surface area contributed by atoms with E-state index in [0.717, 1.165) is 24.2 Å². The van der Waals surface area contributed by atoms with Crippen molar-refractivity contribution >= 4 is 11.9 Å². The van der Waals surface area contributed by atoms with Gasteiger partial charge < -0.3 is 15.2 Å². The van der Waals surface area contributed by atoms with E-state index in [-0.39, 0.29) is 18.4 Å². The van der Waals surface area contributed by atoms with Crippen molar-refractivity contribution in [2.24, 2.45) is 5.92 Å². The minimum Gasteiger partial charge on any atom is -0.491 e. The monoisotopic (exact) mass is 333 g/mol. The number of benzene rings is 1. The molecule has 1 aliphatic rings. The lowest BCUT2D eigenvalue weighted by molar-refractivity contribution is -0.149. The van der Waals surface area contributed by atoms with Gasteiger partial charge in [0.2, 0.25) is 5.91 Å². The van der Waals surface area contributed by atoms with E-state index in [9.17, 15) is 14.7 Å². The maximum atomic E-state index is 12.4. The second-order valence-corrected chi connectivity index (χ2v) is 7.11. The van der Waals surface area contributed by atoms with Crippen molar-refractivity contribution in [3.05, 3.63) is 29.8 Å². The van der Waals surface area contributed by atoms with Gasteiger partial charge in [0.25, 0.3) is 0 Å². The molecule has 0 saturated heterocycles. The van der Waals surface area contributed by atoms with Crippen LogP contribution in [0.2, 0.25) is 0 Å². The van der Waals surface area contributed by atoms with Crippen LogP contribution in [0.15, 0.2) is 24.3 Å². The second kappa shape index (κ2) is 7.69. The predicted molar refractivity (Wildman–Crippen MR) is 92.1 cm³/mol. The number of ether oxygens (including phenoxy) is 1. The van der Waals surface area contributed by atoms with E-state index in [0.29, 0.717) is 18.8 Å². The highest BCUT2D eigenvalue weighted by molar-refractivity contribution is 5.88. The highest BCUT2D eigenvalue weighted by Crippen LogP contribution is 2.32. The molecule has 0 unspecified atom stereocenters. The number of nitrogens with one attached hydrogen (secondary N) is 1. The van der Waals surface area contributed by atoms with Crippen LogP contribution in [-0.4, -0.2) is 28.6 Å². The van der Waals surface area contributed by atoms with Gasteiger partial charge in [0, 0.05) is 0 Å².